The summed E-state index contributed by atoms with van der Waals surface area (Å²) in [7, 11) is 0. The van der Waals surface area contributed by atoms with Crippen molar-refractivity contribution >= 4 is 21.6 Å². The van der Waals surface area contributed by atoms with Crippen LogP contribution in [0.1, 0.15) is 43.4 Å². The van der Waals surface area contributed by atoms with Crippen LogP contribution in [0.2, 0.25) is 0 Å². The Bertz CT molecular complexity index is 536. The zero-order chi connectivity index (χ0) is 14.4. The lowest BCUT2D eigenvalue weighted by Gasteiger charge is -2.22. The first-order chi connectivity index (χ1) is 9.70. The lowest BCUT2D eigenvalue weighted by Crippen LogP contribution is -2.11. The van der Waals surface area contributed by atoms with Crippen LogP contribution in [-0.2, 0) is 0 Å². The average molecular weight is 332 g/mol. The molecule has 20 heavy (non-hydrogen) atoms. The van der Waals surface area contributed by atoms with Gasteiger partial charge in [0, 0.05) is 10.2 Å². The van der Waals surface area contributed by atoms with Gasteiger partial charge in [-0.2, -0.15) is 0 Å². The van der Waals surface area contributed by atoms with E-state index in [2.05, 4.69) is 83.6 Å². The van der Waals surface area contributed by atoms with Gasteiger partial charge in [0.15, 0.2) is 0 Å². The van der Waals surface area contributed by atoms with E-state index in [1.807, 2.05) is 0 Å². The van der Waals surface area contributed by atoms with Gasteiger partial charge in [-0.15, -0.1) is 0 Å². The first-order valence-corrected chi connectivity index (χ1v) is 8.07. The summed E-state index contributed by atoms with van der Waals surface area (Å²) in [6.45, 7) is 4.39. The van der Waals surface area contributed by atoms with E-state index in [0.717, 1.165) is 10.9 Å². The summed E-state index contributed by atoms with van der Waals surface area (Å²) < 4.78 is 1.12. The number of halogens is 1. The highest BCUT2D eigenvalue weighted by atomic mass is 79.9. The van der Waals surface area contributed by atoms with Crippen LogP contribution in [0.5, 0.6) is 0 Å². The molecule has 0 aromatic heterocycles. The van der Waals surface area contributed by atoms with E-state index < -0.39 is 0 Å². The Labute approximate surface area is 130 Å². The van der Waals surface area contributed by atoms with Gasteiger partial charge in [0.2, 0.25) is 0 Å². The second-order valence-corrected chi connectivity index (χ2v) is 6.12. The standard InChI is InChI=1S/C18H22BrN/c1-3-4-10-17(15-8-6-5-7-9-15)20-18-13-16(19)12-11-14(18)2/h5-9,11-13,17,20H,3-4,10H2,1-2H3. The van der Waals surface area contributed by atoms with Gasteiger partial charge >= 0.3 is 0 Å². The number of unbranched alkanes of at least 4 members (excludes halogenated alkanes) is 1. The molecule has 0 radical (unpaired) electrons. The van der Waals surface area contributed by atoms with Crippen molar-refractivity contribution in [3.63, 3.8) is 0 Å². The molecular formula is C18H22BrN. The second-order valence-electron chi connectivity index (χ2n) is 5.21. The third kappa shape index (κ3) is 4.11. The molecule has 1 atom stereocenters. The maximum atomic E-state index is 3.71. The summed E-state index contributed by atoms with van der Waals surface area (Å²) in [5.74, 6) is 0. The number of rotatable bonds is 6. The van der Waals surface area contributed by atoms with Crippen LogP contribution in [0.25, 0.3) is 0 Å². The van der Waals surface area contributed by atoms with Crippen LogP contribution in [0, 0.1) is 6.92 Å². The van der Waals surface area contributed by atoms with E-state index in [-0.39, 0.29) is 0 Å². The number of hydrogen-bond acceptors (Lipinski definition) is 1. The molecule has 2 aromatic rings. The summed E-state index contributed by atoms with van der Waals surface area (Å²) in [6.07, 6.45) is 3.62. The molecule has 0 saturated carbocycles. The molecule has 0 amide bonds. The van der Waals surface area contributed by atoms with E-state index in [1.165, 1.54) is 29.7 Å². The van der Waals surface area contributed by atoms with Crippen LogP contribution in [0.15, 0.2) is 53.0 Å². The van der Waals surface area contributed by atoms with Crippen molar-refractivity contribution in [3.05, 3.63) is 64.1 Å². The second kappa shape index (κ2) is 7.49. The molecule has 2 aromatic carbocycles. The molecule has 0 bridgehead atoms. The molecule has 0 saturated heterocycles. The highest BCUT2D eigenvalue weighted by molar-refractivity contribution is 9.10. The van der Waals surface area contributed by atoms with Crippen molar-refractivity contribution in [2.45, 2.75) is 39.2 Å². The van der Waals surface area contributed by atoms with E-state index in [1.54, 1.807) is 0 Å². The minimum Gasteiger partial charge on any atom is -0.378 e. The minimum atomic E-state index is 0.379. The smallest absolute Gasteiger partial charge is 0.0513 e. The van der Waals surface area contributed by atoms with Crippen LogP contribution in [0.4, 0.5) is 5.69 Å². The third-order valence-electron chi connectivity index (χ3n) is 3.58. The van der Waals surface area contributed by atoms with Crippen molar-refractivity contribution in [1.29, 1.82) is 0 Å². The monoisotopic (exact) mass is 331 g/mol. The molecule has 0 heterocycles. The van der Waals surface area contributed by atoms with Crippen molar-refractivity contribution in [3.8, 4) is 0 Å². The van der Waals surface area contributed by atoms with Crippen molar-refractivity contribution in [1.82, 2.24) is 0 Å². The number of nitrogens with one attached hydrogen (secondary N) is 1. The predicted octanol–water partition coefficient (Wildman–Crippen LogP) is 6.10. The Balaban J connectivity index is 2.21. The van der Waals surface area contributed by atoms with Crippen molar-refractivity contribution in [2.75, 3.05) is 5.32 Å². The molecule has 2 rings (SSSR count). The fourth-order valence-corrected chi connectivity index (χ4v) is 2.71. The molecule has 1 N–H and O–H groups in total. The number of anilines is 1. The first kappa shape index (κ1) is 15.1. The Morgan fingerprint density at radius 3 is 2.55 bits per heavy atom. The molecule has 0 fully saturated rings. The Morgan fingerprint density at radius 1 is 1.10 bits per heavy atom. The lowest BCUT2D eigenvalue weighted by molar-refractivity contribution is 0.634. The first-order valence-electron chi connectivity index (χ1n) is 7.28. The van der Waals surface area contributed by atoms with Crippen LogP contribution in [-0.4, -0.2) is 0 Å². The van der Waals surface area contributed by atoms with Gasteiger partial charge in [0.1, 0.15) is 0 Å². The molecule has 0 aliphatic rings. The van der Waals surface area contributed by atoms with E-state index >= 15 is 0 Å². The lowest BCUT2D eigenvalue weighted by atomic mass is 10.0. The van der Waals surface area contributed by atoms with Crippen LogP contribution in [0.3, 0.4) is 0 Å². The summed E-state index contributed by atoms with van der Waals surface area (Å²) in [5.41, 5.74) is 3.86. The SMILES string of the molecule is CCCCC(Nc1cc(Br)ccc1C)c1ccccc1. The van der Waals surface area contributed by atoms with Gasteiger partial charge in [0.05, 0.1) is 6.04 Å². The summed E-state index contributed by atoms with van der Waals surface area (Å²) >= 11 is 3.56. The fourth-order valence-electron chi connectivity index (χ4n) is 2.35. The van der Waals surface area contributed by atoms with E-state index in [9.17, 15) is 0 Å². The summed E-state index contributed by atoms with van der Waals surface area (Å²) in [6, 6.07) is 17.5. The number of hydrogen-bond donors (Lipinski definition) is 1. The highest BCUT2D eigenvalue weighted by Gasteiger charge is 2.11. The van der Waals surface area contributed by atoms with Gasteiger partial charge < -0.3 is 5.32 Å². The van der Waals surface area contributed by atoms with Crippen LogP contribution < -0.4 is 5.32 Å². The summed E-state index contributed by atoms with van der Waals surface area (Å²) in [4.78, 5) is 0. The zero-order valence-electron chi connectivity index (χ0n) is 12.2. The van der Waals surface area contributed by atoms with Gasteiger partial charge in [-0.1, -0.05) is 72.1 Å². The van der Waals surface area contributed by atoms with Crippen molar-refractivity contribution in [2.24, 2.45) is 0 Å². The molecule has 1 unspecified atom stereocenters. The molecule has 0 aliphatic heterocycles. The van der Waals surface area contributed by atoms with Gasteiger partial charge in [-0.3, -0.25) is 0 Å². The highest BCUT2D eigenvalue weighted by Crippen LogP contribution is 2.28. The number of aryl methyl sites for hydroxylation is 1. The molecule has 0 aliphatic carbocycles. The molecule has 0 spiro atoms. The Kier molecular flexibility index (Phi) is 5.66. The number of benzene rings is 2. The topological polar surface area (TPSA) is 12.0 Å². The largest absolute Gasteiger partial charge is 0.378 e. The predicted molar refractivity (Wildman–Crippen MR) is 91.2 cm³/mol. The Hall–Kier alpha value is -1.28. The maximum absolute atomic E-state index is 3.71. The van der Waals surface area contributed by atoms with Gasteiger partial charge in [-0.25, -0.2) is 0 Å². The zero-order valence-corrected chi connectivity index (χ0v) is 13.8. The van der Waals surface area contributed by atoms with Gasteiger partial charge in [-0.05, 0) is 36.6 Å². The van der Waals surface area contributed by atoms with Crippen molar-refractivity contribution < 1.29 is 0 Å². The fraction of sp³-hybridized carbons (Fsp3) is 0.333. The molecule has 1 nitrogen and oxygen atoms in total. The minimum absolute atomic E-state index is 0.379. The molecule has 2 heteroatoms. The quantitative estimate of drug-likeness (QED) is 0.674. The van der Waals surface area contributed by atoms with E-state index in [4.69, 9.17) is 0 Å². The average Bonchev–Trinajstić information content (AvgIpc) is 2.48. The van der Waals surface area contributed by atoms with E-state index in [0.29, 0.717) is 6.04 Å². The summed E-state index contributed by atoms with van der Waals surface area (Å²) in [5, 5.41) is 3.71. The maximum Gasteiger partial charge on any atom is 0.0513 e. The molecule has 106 valence electrons. The third-order valence-corrected chi connectivity index (χ3v) is 4.07. The van der Waals surface area contributed by atoms with Crippen LogP contribution >= 0.6 is 15.9 Å². The molecular weight excluding hydrogens is 310 g/mol. The van der Waals surface area contributed by atoms with Gasteiger partial charge in [0.25, 0.3) is 0 Å². The normalized spacial score (nSPS) is 12.2. The Morgan fingerprint density at radius 2 is 1.85 bits per heavy atom.